The quantitative estimate of drug-likeness (QED) is 0.752. The van der Waals surface area contributed by atoms with Crippen LogP contribution in [0.4, 0.5) is 0 Å². The minimum absolute atomic E-state index is 0.157. The molecule has 3 nitrogen and oxygen atoms in total. The van der Waals surface area contributed by atoms with Gasteiger partial charge in [0.1, 0.15) is 0 Å². The Hall–Kier alpha value is -1.61. The van der Waals surface area contributed by atoms with Crippen molar-refractivity contribution in [1.29, 1.82) is 0 Å². The molecule has 1 aromatic carbocycles. The number of carbonyl (C=O) groups is 1. The van der Waals surface area contributed by atoms with Gasteiger partial charge in [-0.05, 0) is 25.1 Å². The number of hydrogen-bond acceptors (Lipinski definition) is 2. The van der Waals surface area contributed by atoms with Crippen molar-refractivity contribution in [3.63, 3.8) is 0 Å². The number of rotatable bonds is 1. The molecule has 0 amide bonds. The van der Waals surface area contributed by atoms with Crippen LogP contribution in [0.25, 0.3) is 10.9 Å². The summed E-state index contributed by atoms with van der Waals surface area (Å²) in [4.78, 5) is 25.9. The largest absolute Gasteiger partial charge is 0.360 e. The molecule has 0 aliphatic carbocycles. The summed E-state index contributed by atoms with van der Waals surface area (Å²) in [6.45, 7) is 1.36. The van der Waals surface area contributed by atoms with Gasteiger partial charge in [0.2, 0.25) is 0 Å². The van der Waals surface area contributed by atoms with Gasteiger partial charge >= 0.3 is 0 Å². The smallest absolute Gasteiger partial charge is 0.200 e. The molecule has 0 unspecified atom stereocenters. The van der Waals surface area contributed by atoms with Crippen LogP contribution in [0.3, 0.4) is 0 Å². The first kappa shape index (κ1) is 9.93. The van der Waals surface area contributed by atoms with E-state index in [9.17, 15) is 9.59 Å². The first-order valence-corrected chi connectivity index (χ1v) is 4.79. The molecule has 15 heavy (non-hydrogen) atoms. The molecular formula is C11H8ClNO2. The van der Waals surface area contributed by atoms with E-state index in [2.05, 4.69) is 4.98 Å². The van der Waals surface area contributed by atoms with E-state index in [1.54, 1.807) is 18.2 Å². The minimum atomic E-state index is -0.279. The van der Waals surface area contributed by atoms with Crippen molar-refractivity contribution < 1.29 is 4.79 Å². The normalized spacial score (nSPS) is 10.5. The number of nitrogens with one attached hydrogen (secondary N) is 1. The molecule has 0 spiro atoms. The van der Waals surface area contributed by atoms with Crippen LogP contribution in [0.5, 0.6) is 0 Å². The topological polar surface area (TPSA) is 49.9 Å². The monoisotopic (exact) mass is 221 g/mol. The van der Waals surface area contributed by atoms with Crippen molar-refractivity contribution in [2.75, 3.05) is 0 Å². The van der Waals surface area contributed by atoms with E-state index >= 15 is 0 Å². The van der Waals surface area contributed by atoms with Crippen LogP contribution < -0.4 is 5.43 Å². The molecule has 2 aromatic rings. The van der Waals surface area contributed by atoms with Gasteiger partial charge in [-0.2, -0.15) is 0 Å². The Labute approximate surface area is 90.7 Å². The van der Waals surface area contributed by atoms with Gasteiger partial charge < -0.3 is 4.98 Å². The van der Waals surface area contributed by atoms with Crippen LogP contribution in [0.1, 0.15) is 17.3 Å². The molecule has 1 heterocycles. The molecule has 0 saturated heterocycles. The first-order valence-electron chi connectivity index (χ1n) is 4.41. The van der Waals surface area contributed by atoms with Crippen molar-refractivity contribution in [1.82, 2.24) is 4.98 Å². The maximum atomic E-state index is 11.8. The highest BCUT2D eigenvalue weighted by molar-refractivity contribution is 6.31. The van der Waals surface area contributed by atoms with Gasteiger partial charge in [-0.25, -0.2) is 0 Å². The number of Topliss-reactive ketones (excluding diaryl/α,β-unsaturated/α-hetero) is 1. The second-order valence-electron chi connectivity index (χ2n) is 3.28. The molecule has 2 rings (SSSR count). The van der Waals surface area contributed by atoms with E-state index in [1.165, 1.54) is 13.1 Å². The summed E-state index contributed by atoms with van der Waals surface area (Å²) in [6, 6.07) is 4.96. The van der Waals surface area contributed by atoms with E-state index < -0.39 is 0 Å². The van der Waals surface area contributed by atoms with Crippen molar-refractivity contribution in [2.45, 2.75) is 6.92 Å². The summed E-state index contributed by atoms with van der Waals surface area (Å²) >= 11 is 5.78. The standard InChI is InChI=1S/C11H8ClNO2/c1-6(14)9-5-13-10-3-2-7(12)4-8(10)11(9)15/h2-5H,1H3,(H,13,15). The van der Waals surface area contributed by atoms with Crippen molar-refractivity contribution >= 4 is 28.3 Å². The van der Waals surface area contributed by atoms with Gasteiger partial charge in [-0.15, -0.1) is 0 Å². The van der Waals surface area contributed by atoms with Crippen LogP contribution in [0, 0.1) is 0 Å². The zero-order chi connectivity index (χ0) is 11.0. The van der Waals surface area contributed by atoms with Crippen LogP contribution in [-0.2, 0) is 0 Å². The van der Waals surface area contributed by atoms with E-state index in [-0.39, 0.29) is 16.8 Å². The average molecular weight is 222 g/mol. The first-order chi connectivity index (χ1) is 7.09. The molecule has 1 N–H and O–H groups in total. The number of aromatic amines is 1. The Balaban J connectivity index is 2.89. The van der Waals surface area contributed by atoms with Gasteiger partial charge in [0, 0.05) is 22.1 Å². The Morgan fingerprint density at radius 3 is 2.80 bits per heavy atom. The predicted molar refractivity (Wildman–Crippen MR) is 59.6 cm³/mol. The third-order valence-corrected chi connectivity index (χ3v) is 2.46. The third kappa shape index (κ3) is 1.66. The summed E-state index contributed by atoms with van der Waals surface area (Å²) in [5, 5.41) is 0.920. The molecule has 0 aliphatic heterocycles. The van der Waals surface area contributed by atoms with E-state index in [0.29, 0.717) is 15.9 Å². The van der Waals surface area contributed by atoms with Gasteiger partial charge in [0.25, 0.3) is 0 Å². The molecule has 4 heteroatoms. The molecule has 0 atom stereocenters. The molecule has 76 valence electrons. The fraction of sp³-hybridized carbons (Fsp3) is 0.0909. The lowest BCUT2D eigenvalue weighted by Crippen LogP contribution is -2.13. The van der Waals surface area contributed by atoms with Crippen LogP contribution in [0.2, 0.25) is 5.02 Å². The highest BCUT2D eigenvalue weighted by Crippen LogP contribution is 2.14. The number of hydrogen-bond donors (Lipinski definition) is 1. The minimum Gasteiger partial charge on any atom is -0.360 e. The van der Waals surface area contributed by atoms with Crippen molar-refractivity contribution in [3.8, 4) is 0 Å². The second-order valence-corrected chi connectivity index (χ2v) is 3.71. The molecule has 0 bridgehead atoms. The molecular weight excluding hydrogens is 214 g/mol. The average Bonchev–Trinajstić information content (AvgIpc) is 2.19. The van der Waals surface area contributed by atoms with Gasteiger partial charge in [-0.3, -0.25) is 9.59 Å². The number of fused-ring (bicyclic) bond motifs is 1. The van der Waals surface area contributed by atoms with E-state index in [0.717, 1.165) is 0 Å². The second kappa shape index (κ2) is 3.51. The summed E-state index contributed by atoms with van der Waals surface area (Å²) in [6.07, 6.45) is 1.43. The van der Waals surface area contributed by atoms with Crippen molar-refractivity contribution in [3.05, 3.63) is 45.2 Å². The fourth-order valence-electron chi connectivity index (χ4n) is 1.45. The Bertz CT molecular complexity index is 601. The highest BCUT2D eigenvalue weighted by Gasteiger charge is 2.08. The zero-order valence-corrected chi connectivity index (χ0v) is 8.76. The van der Waals surface area contributed by atoms with Crippen LogP contribution >= 0.6 is 11.6 Å². The van der Waals surface area contributed by atoms with Crippen LogP contribution in [-0.4, -0.2) is 10.8 Å². The van der Waals surface area contributed by atoms with Gasteiger partial charge in [0.05, 0.1) is 5.56 Å². The molecule has 0 fully saturated rings. The van der Waals surface area contributed by atoms with E-state index in [1.807, 2.05) is 0 Å². The fourth-order valence-corrected chi connectivity index (χ4v) is 1.62. The summed E-state index contributed by atoms with van der Waals surface area (Å²) in [7, 11) is 0. The number of pyridine rings is 1. The van der Waals surface area contributed by atoms with Crippen LogP contribution in [0.15, 0.2) is 29.2 Å². The molecule has 1 aromatic heterocycles. The van der Waals surface area contributed by atoms with E-state index in [4.69, 9.17) is 11.6 Å². The molecule has 0 aliphatic rings. The number of halogens is 1. The lowest BCUT2D eigenvalue weighted by Gasteiger charge is -2.00. The number of H-pyrrole nitrogens is 1. The number of carbonyl (C=O) groups excluding carboxylic acids is 1. The van der Waals surface area contributed by atoms with Crippen molar-refractivity contribution in [2.24, 2.45) is 0 Å². The Morgan fingerprint density at radius 1 is 1.40 bits per heavy atom. The molecule has 0 radical (unpaired) electrons. The summed E-state index contributed by atoms with van der Waals surface area (Å²) in [5.41, 5.74) is 0.554. The Kier molecular flexibility index (Phi) is 2.32. The van der Waals surface area contributed by atoms with Gasteiger partial charge in [0.15, 0.2) is 11.2 Å². The number of ketones is 1. The zero-order valence-electron chi connectivity index (χ0n) is 8.00. The lowest BCUT2D eigenvalue weighted by atomic mass is 10.1. The van der Waals surface area contributed by atoms with Gasteiger partial charge in [-0.1, -0.05) is 11.6 Å². The summed E-state index contributed by atoms with van der Waals surface area (Å²) < 4.78 is 0. The number of aromatic nitrogens is 1. The maximum absolute atomic E-state index is 11.8. The Morgan fingerprint density at radius 2 is 2.13 bits per heavy atom. The third-order valence-electron chi connectivity index (χ3n) is 2.22. The molecule has 0 saturated carbocycles. The number of benzene rings is 1. The predicted octanol–water partition coefficient (Wildman–Crippen LogP) is 2.38. The highest BCUT2D eigenvalue weighted by atomic mass is 35.5. The lowest BCUT2D eigenvalue weighted by molar-refractivity contribution is 0.101. The SMILES string of the molecule is CC(=O)c1c[nH]c2ccc(Cl)cc2c1=O. The maximum Gasteiger partial charge on any atom is 0.200 e. The summed E-state index contributed by atoms with van der Waals surface area (Å²) in [5.74, 6) is -0.252.